The van der Waals surface area contributed by atoms with Crippen LogP contribution in [0.3, 0.4) is 0 Å². The SMILES string of the molecule is O=C(c1cncs1)N1CC[C@]2(C(=O)Nc3ccccc32)[C@@H]1CCc1ccccc1. The summed E-state index contributed by atoms with van der Waals surface area (Å²) in [5.41, 5.74) is 4.09. The molecule has 29 heavy (non-hydrogen) atoms. The molecule has 2 aliphatic rings. The Bertz CT molecular complexity index is 1050. The fourth-order valence-corrected chi connectivity index (χ4v) is 5.43. The average Bonchev–Trinajstić information content (AvgIpc) is 3.47. The first kappa shape index (κ1) is 18.1. The van der Waals surface area contributed by atoms with Crippen molar-refractivity contribution in [2.45, 2.75) is 30.7 Å². The van der Waals surface area contributed by atoms with Crippen molar-refractivity contribution in [3.8, 4) is 0 Å². The Morgan fingerprint density at radius 1 is 1.17 bits per heavy atom. The number of carbonyl (C=O) groups is 2. The highest BCUT2D eigenvalue weighted by Crippen LogP contribution is 2.49. The lowest BCUT2D eigenvalue weighted by molar-refractivity contribution is -0.121. The van der Waals surface area contributed by atoms with Crippen molar-refractivity contribution in [1.82, 2.24) is 9.88 Å². The van der Waals surface area contributed by atoms with Crippen molar-refractivity contribution in [1.29, 1.82) is 0 Å². The molecule has 6 heteroatoms. The number of aryl methyl sites for hydroxylation is 1. The van der Waals surface area contributed by atoms with Crippen LogP contribution in [0, 0.1) is 0 Å². The van der Waals surface area contributed by atoms with E-state index in [0.717, 1.165) is 24.1 Å². The van der Waals surface area contributed by atoms with Crippen LogP contribution < -0.4 is 5.32 Å². The first-order valence-corrected chi connectivity index (χ1v) is 10.7. The molecule has 2 aliphatic heterocycles. The fourth-order valence-electron chi connectivity index (χ4n) is 4.86. The third kappa shape index (κ3) is 2.86. The van der Waals surface area contributed by atoms with Crippen LogP contribution in [0.5, 0.6) is 0 Å². The monoisotopic (exact) mass is 403 g/mol. The maximum Gasteiger partial charge on any atom is 0.265 e. The maximum absolute atomic E-state index is 13.3. The smallest absolute Gasteiger partial charge is 0.265 e. The van der Waals surface area contributed by atoms with Crippen LogP contribution in [0.15, 0.2) is 66.3 Å². The van der Waals surface area contributed by atoms with Gasteiger partial charge in [0.1, 0.15) is 4.88 Å². The molecule has 2 atom stereocenters. The number of rotatable bonds is 4. The van der Waals surface area contributed by atoms with Crippen molar-refractivity contribution < 1.29 is 9.59 Å². The van der Waals surface area contributed by atoms with Gasteiger partial charge >= 0.3 is 0 Å². The molecule has 0 aliphatic carbocycles. The lowest BCUT2D eigenvalue weighted by Crippen LogP contribution is -2.49. The number of likely N-dealkylation sites (tertiary alicyclic amines) is 1. The van der Waals surface area contributed by atoms with Crippen molar-refractivity contribution >= 4 is 28.8 Å². The number of aromatic nitrogens is 1. The van der Waals surface area contributed by atoms with Gasteiger partial charge in [0, 0.05) is 12.2 Å². The molecule has 3 heterocycles. The third-order valence-electron chi connectivity index (χ3n) is 6.21. The predicted molar refractivity (Wildman–Crippen MR) is 113 cm³/mol. The largest absolute Gasteiger partial charge is 0.333 e. The van der Waals surface area contributed by atoms with Gasteiger partial charge in [0.2, 0.25) is 5.91 Å². The summed E-state index contributed by atoms with van der Waals surface area (Å²) in [6.45, 7) is 0.567. The number of hydrogen-bond acceptors (Lipinski definition) is 4. The normalized spacial score (nSPS) is 22.7. The van der Waals surface area contributed by atoms with Crippen LogP contribution in [0.1, 0.15) is 33.6 Å². The number of thiazole rings is 1. The van der Waals surface area contributed by atoms with E-state index in [1.54, 1.807) is 11.7 Å². The molecule has 2 amide bonds. The molecular formula is C23H21N3O2S. The number of benzene rings is 2. The van der Waals surface area contributed by atoms with Crippen LogP contribution >= 0.6 is 11.3 Å². The molecule has 1 aromatic heterocycles. The molecule has 5 rings (SSSR count). The van der Waals surface area contributed by atoms with Crippen molar-refractivity contribution in [3.05, 3.63) is 82.3 Å². The number of hydrogen-bond donors (Lipinski definition) is 1. The molecule has 146 valence electrons. The van der Waals surface area contributed by atoms with E-state index in [0.29, 0.717) is 17.8 Å². The predicted octanol–water partition coefficient (Wildman–Crippen LogP) is 3.88. The Morgan fingerprint density at radius 2 is 1.97 bits per heavy atom. The second-order valence-corrected chi connectivity index (χ2v) is 8.51. The van der Waals surface area contributed by atoms with Crippen LogP contribution in [0.4, 0.5) is 5.69 Å². The quantitative estimate of drug-likeness (QED) is 0.719. The lowest BCUT2D eigenvalue weighted by Gasteiger charge is -2.34. The zero-order chi connectivity index (χ0) is 19.8. The molecule has 1 fully saturated rings. The molecule has 5 nitrogen and oxygen atoms in total. The molecule has 3 aromatic rings. The molecule has 1 N–H and O–H groups in total. The molecule has 2 aromatic carbocycles. The topological polar surface area (TPSA) is 62.3 Å². The molecular weight excluding hydrogens is 382 g/mol. The molecule has 0 bridgehead atoms. The summed E-state index contributed by atoms with van der Waals surface area (Å²) >= 11 is 1.35. The lowest BCUT2D eigenvalue weighted by atomic mass is 9.73. The van der Waals surface area contributed by atoms with Gasteiger partial charge in [-0.15, -0.1) is 11.3 Å². The molecule has 0 saturated carbocycles. The summed E-state index contributed by atoms with van der Waals surface area (Å²) in [6.07, 6.45) is 3.81. The highest BCUT2D eigenvalue weighted by molar-refractivity contribution is 7.11. The highest BCUT2D eigenvalue weighted by atomic mass is 32.1. The van der Waals surface area contributed by atoms with Crippen molar-refractivity contribution in [2.24, 2.45) is 0 Å². The highest BCUT2D eigenvalue weighted by Gasteiger charge is 2.58. The van der Waals surface area contributed by atoms with Crippen LogP contribution in [-0.2, 0) is 16.6 Å². The van der Waals surface area contributed by atoms with E-state index < -0.39 is 5.41 Å². The van der Waals surface area contributed by atoms with E-state index in [9.17, 15) is 9.59 Å². The Hall–Kier alpha value is -2.99. The minimum absolute atomic E-state index is 0.0105. The van der Waals surface area contributed by atoms with E-state index in [1.807, 2.05) is 47.4 Å². The van der Waals surface area contributed by atoms with Gasteiger partial charge in [0.05, 0.1) is 23.2 Å². The Kier molecular flexibility index (Phi) is 4.43. The summed E-state index contributed by atoms with van der Waals surface area (Å²) in [4.78, 5) is 33.1. The number of nitrogens with one attached hydrogen (secondary N) is 1. The Balaban J connectivity index is 1.54. The number of nitrogens with zero attached hydrogens (tertiary/aromatic N) is 2. The number of carbonyl (C=O) groups excluding carboxylic acids is 2. The summed E-state index contributed by atoms with van der Waals surface area (Å²) < 4.78 is 0. The van der Waals surface area contributed by atoms with E-state index in [1.165, 1.54) is 16.9 Å². The van der Waals surface area contributed by atoms with Crippen LogP contribution in [0.2, 0.25) is 0 Å². The van der Waals surface area contributed by atoms with Gasteiger partial charge in [-0.1, -0.05) is 48.5 Å². The first-order valence-electron chi connectivity index (χ1n) is 9.84. The summed E-state index contributed by atoms with van der Waals surface area (Å²) in [5, 5.41) is 3.07. The standard InChI is InChI=1S/C23H21N3O2S/c27-21(19-14-24-15-29-19)26-13-12-23(17-8-4-5-9-18(17)25-22(23)28)20(26)11-10-16-6-2-1-3-7-16/h1-9,14-15,20H,10-13H2,(H,25,28)/t20-,23+/m0/s1. The van der Waals surface area contributed by atoms with Crippen molar-refractivity contribution in [3.63, 3.8) is 0 Å². The average molecular weight is 404 g/mol. The fraction of sp³-hybridized carbons (Fsp3) is 0.261. The second-order valence-electron chi connectivity index (χ2n) is 7.63. The van der Waals surface area contributed by atoms with Gasteiger partial charge in [-0.2, -0.15) is 0 Å². The number of para-hydroxylation sites is 1. The zero-order valence-electron chi connectivity index (χ0n) is 15.9. The molecule has 0 radical (unpaired) electrons. The summed E-state index contributed by atoms with van der Waals surface area (Å²) in [6, 6.07) is 17.9. The zero-order valence-corrected chi connectivity index (χ0v) is 16.7. The molecule has 1 saturated heterocycles. The van der Waals surface area contributed by atoms with E-state index in [2.05, 4.69) is 22.4 Å². The van der Waals surface area contributed by atoms with Gasteiger partial charge in [-0.25, -0.2) is 0 Å². The van der Waals surface area contributed by atoms with Crippen LogP contribution in [0.25, 0.3) is 0 Å². The van der Waals surface area contributed by atoms with E-state index in [-0.39, 0.29) is 17.9 Å². The number of amides is 2. The second kappa shape index (κ2) is 7.12. The minimum Gasteiger partial charge on any atom is -0.333 e. The van der Waals surface area contributed by atoms with E-state index >= 15 is 0 Å². The third-order valence-corrected chi connectivity index (χ3v) is 6.97. The van der Waals surface area contributed by atoms with Crippen molar-refractivity contribution in [2.75, 3.05) is 11.9 Å². The number of fused-ring (bicyclic) bond motifs is 2. The minimum atomic E-state index is -0.689. The number of anilines is 1. The molecule has 1 spiro atoms. The van der Waals surface area contributed by atoms with Crippen LogP contribution in [-0.4, -0.2) is 34.3 Å². The van der Waals surface area contributed by atoms with Gasteiger partial charge in [0.15, 0.2) is 0 Å². The summed E-state index contributed by atoms with van der Waals surface area (Å²) in [5.74, 6) is -0.0176. The van der Waals surface area contributed by atoms with Gasteiger partial charge < -0.3 is 10.2 Å². The Morgan fingerprint density at radius 3 is 2.76 bits per heavy atom. The van der Waals surface area contributed by atoms with Gasteiger partial charge in [0.25, 0.3) is 5.91 Å². The van der Waals surface area contributed by atoms with E-state index in [4.69, 9.17) is 0 Å². The molecule has 0 unspecified atom stereocenters. The van der Waals surface area contributed by atoms with Gasteiger partial charge in [-0.3, -0.25) is 14.6 Å². The summed E-state index contributed by atoms with van der Waals surface area (Å²) in [7, 11) is 0. The first-order chi connectivity index (χ1) is 14.2. The maximum atomic E-state index is 13.3. The van der Waals surface area contributed by atoms with Gasteiger partial charge in [-0.05, 0) is 36.5 Å². The Labute approximate surface area is 173 Å².